The molecule has 3 heterocycles. The van der Waals surface area contributed by atoms with Gasteiger partial charge in [0.05, 0.1) is 31.2 Å². The fourth-order valence-corrected chi connectivity index (χ4v) is 6.40. The Morgan fingerprint density at radius 1 is 0.902 bits per heavy atom. The lowest BCUT2D eigenvalue weighted by molar-refractivity contribution is -0.119. The van der Waals surface area contributed by atoms with Crippen molar-refractivity contribution in [2.45, 2.75) is 39.3 Å². The van der Waals surface area contributed by atoms with Crippen LogP contribution in [0.1, 0.15) is 52.8 Å². The Morgan fingerprint density at radius 3 is 2.27 bits per heavy atom. The third-order valence-corrected chi connectivity index (χ3v) is 8.30. The van der Waals surface area contributed by atoms with Gasteiger partial charge in [0.2, 0.25) is 0 Å². The van der Waals surface area contributed by atoms with E-state index in [9.17, 15) is 9.59 Å². The van der Waals surface area contributed by atoms with Crippen LogP contribution in [0.2, 0.25) is 10.0 Å². The fraction of sp³-hybridized carbons (Fsp3) is 0.258. The van der Waals surface area contributed by atoms with Gasteiger partial charge in [-0.05, 0) is 69.2 Å². The second kappa shape index (κ2) is 9.53. The Kier molecular flexibility index (Phi) is 6.32. The summed E-state index contributed by atoms with van der Waals surface area (Å²) in [4.78, 5) is 35.4. The number of imidazole rings is 1. The number of aryl methyl sites for hydroxylation is 2. The fourth-order valence-electron chi connectivity index (χ4n) is 6.06. The average molecular weight is 591 g/mol. The van der Waals surface area contributed by atoms with E-state index in [-0.39, 0.29) is 17.6 Å². The van der Waals surface area contributed by atoms with Crippen molar-refractivity contribution in [2.24, 2.45) is 0 Å². The van der Waals surface area contributed by atoms with Gasteiger partial charge in [-0.25, -0.2) is 4.98 Å². The quantitative estimate of drug-likeness (QED) is 0.272. The summed E-state index contributed by atoms with van der Waals surface area (Å²) in [6, 6.07) is 14.0. The molecule has 2 aliphatic rings. The second-order valence-electron chi connectivity index (χ2n) is 10.5. The van der Waals surface area contributed by atoms with E-state index in [0.29, 0.717) is 55.6 Å². The number of rotatable bonds is 5. The first-order chi connectivity index (χ1) is 19.5. The largest absolute Gasteiger partial charge is 0.496 e. The maximum Gasteiger partial charge on any atom is 0.280 e. The minimum absolute atomic E-state index is 0.182. The molecule has 10 heteroatoms. The van der Waals surface area contributed by atoms with Crippen LogP contribution in [-0.2, 0) is 10.3 Å². The molecule has 0 saturated carbocycles. The lowest BCUT2D eigenvalue weighted by Crippen LogP contribution is -2.51. The van der Waals surface area contributed by atoms with E-state index < -0.39 is 11.4 Å². The molecule has 6 rings (SSSR count). The SMILES string of the molecule is COc1cc(OC)c(-c2nc3c(n2C(C)C)C2(C(=O)Nc4cc(Cl)ccc42)N(c2cc(Cl)ccc2C)C3=O)cc1C. The molecule has 1 aromatic heterocycles. The first-order valence-corrected chi connectivity index (χ1v) is 13.9. The van der Waals surface area contributed by atoms with E-state index in [1.165, 1.54) is 4.90 Å². The van der Waals surface area contributed by atoms with Gasteiger partial charge in [0.1, 0.15) is 17.3 Å². The number of nitrogens with one attached hydrogen (secondary N) is 1. The standard InChI is InChI=1S/C31H28Cl2N4O4/c1-15(2)36-27-26(35-28(36)20-11-17(4)24(40-5)14-25(20)41-6)29(38)37(23-13-19(33)8-7-16(23)3)31(27)21-10-9-18(32)12-22(21)34-30(31)39/h7-15H,1-6H3,(H,34,39). The topological polar surface area (TPSA) is 85.7 Å². The van der Waals surface area contributed by atoms with Crippen LogP contribution in [0.25, 0.3) is 11.4 Å². The Labute approximate surface area is 247 Å². The minimum Gasteiger partial charge on any atom is -0.496 e. The lowest BCUT2D eigenvalue weighted by Gasteiger charge is -2.36. The Hall–Kier alpha value is -4.01. The first kappa shape index (κ1) is 27.2. The molecule has 4 aromatic rings. The van der Waals surface area contributed by atoms with E-state index >= 15 is 0 Å². The number of carbonyl (C=O) groups is 2. The Morgan fingerprint density at radius 2 is 1.59 bits per heavy atom. The summed E-state index contributed by atoms with van der Waals surface area (Å²) in [6.07, 6.45) is 0. The molecule has 3 aromatic carbocycles. The number of amides is 2. The minimum atomic E-state index is -1.56. The number of carbonyl (C=O) groups excluding carboxylic acids is 2. The van der Waals surface area contributed by atoms with Crippen molar-refractivity contribution in [3.05, 3.63) is 86.7 Å². The van der Waals surface area contributed by atoms with Crippen molar-refractivity contribution in [3.63, 3.8) is 0 Å². The molecule has 0 saturated heterocycles. The van der Waals surface area contributed by atoms with Crippen molar-refractivity contribution in [2.75, 3.05) is 24.4 Å². The Bertz CT molecular complexity index is 1780. The molecule has 2 amide bonds. The highest BCUT2D eigenvalue weighted by Crippen LogP contribution is 2.55. The third-order valence-electron chi connectivity index (χ3n) is 7.83. The molecular formula is C31H28Cl2N4O4. The number of fused-ring (bicyclic) bond motifs is 4. The van der Waals surface area contributed by atoms with Gasteiger partial charge in [0, 0.05) is 33.4 Å². The van der Waals surface area contributed by atoms with E-state index in [2.05, 4.69) is 5.32 Å². The summed E-state index contributed by atoms with van der Waals surface area (Å²) in [7, 11) is 3.17. The number of methoxy groups -OCH3 is 2. The molecule has 1 spiro atoms. The van der Waals surface area contributed by atoms with Crippen LogP contribution in [0, 0.1) is 13.8 Å². The molecule has 0 radical (unpaired) electrons. The van der Waals surface area contributed by atoms with Gasteiger partial charge in [-0.15, -0.1) is 0 Å². The van der Waals surface area contributed by atoms with Gasteiger partial charge >= 0.3 is 0 Å². The van der Waals surface area contributed by atoms with Gasteiger partial charge in [-0.1, -0.05) is 35.3 Å². The number of aromatic nitrogens is 2. The van der Waals surface area contributed by atoms with Crippen LogP contribution in [-0.4, -0.2) is 35.6 Å². The van der Waals surface area contributed by atoms with Gasteiger partial charge in [0.25, 0.3) is 11.8 Å². The zero-order valence-electron chi connectivity index (χ0n) is 23.4. The van der Waals surface area contributed by atoms with E-state index in [4.69, 9.17) is 37.7 Å². The summed E-state index contributed by atoms with van der Waals surface area (Å²) >= 11 is 12.8. The van der Waals surface area contributed by atoms with E-state index in [1.54, 1.807) is 50.6 Å². The number of benzene rings is 3. The molecule has 0 fully saturated rings. The van der Waals surface area contributed by atoms with Crippen LogP contribution >= 0.6 is 23.2 Å². The van der Waals surface area contributed by atoms with E-state index in [0.717, 1.165) is 11.1 Å². The summed E-state index contributed by atoms with van der Waals surface area (Å²) in [5, 5.41) is 3.90. The van der Waals surface area contributed by atoms with E-state index in [1.807, 2.05) is 44.4 Å². The zero-order chi connectivity index (χ0) is 29.4. The molecule has 8 nitrogen and oxygen atoms in total. The highest BCUT2D eigenvalue weighted by Gasteiger charge is 2.64. The smallest absolute Gasteiger partial charge is 0.280 e. The van der Waals surface area contributed by atoms with Gasteiger partial charge < -0.3 is 19.4 Å². The molecule has 1 N–H and O–H groups in total. The molecule has 210 valence electrons. The molecule has 0 bridgehead atoms. The predicted molar refractivity (Wildman–Crippen MR) is 160 cm³/mol. The average Bonchev–Trinajstić information content (AvgIpc) is 3.54. The molecular weight excluding hydrogens is 563 g/mol. The zero-order valence-corrected chi connectivity index (χ0v) is 24.9. The molecule has 1 atom stereocenters. The molecule has 1 unspecified atom stereocenters. The van der Waals surface area contributed by atoms with Crippen LogP contribution in [0.3, 0.4) is 0 Å². The van der Waals surface area contributed by atoms with Crippen LogP contribution in [0.5, 0.6) is 11.5 Å². The monoisotopic (exact) mass is 590 g/mol. The van der Waals surface area contributed by atoms with Crippen LogP contribution in [0.4, 0.5) is 11.4 Å². The van der Waals surface area contributed by atoms with Crippen molar-refractivity contribution in [3.8, 4) is 22.9 Å². The number of hydrogen-bond acceptors (Lipinski definition) is 5. The van der Waals surface area contributed by atoms with Gasteiger partial charge in [-0.3, -0.25) is 14.5 Å². The number of halogens is 2. The normalized spacial score (nSPS) is 17.3. The van der Waals surface area contributed by atoms with Crippen molar-refractivity contribution in [1.29, 1.82) is 0 Å². The predicted octanol–water partition coefficient (Wildman–Crippen LogP) is 6.93. The second-order valence-corrected chi connectivity index (χ2v) is 11.4. The van der Waals surface area contributed by atoms with Crippen molar-refractivity contribution < 1.29 is 19.1 Å². The Balaban J connectivity index is 1.74. The van der Waals surface area contributed by atoms with Gasteiger partial charge in [0.15, 0.2) is 11.2 Å². The summed E-state index contributed by atoms with van der Waals surface area (Å²) in [6.45, 7) is 7.80. The maximum absolute atomic E-state index is 14.5. The summed E-state index contributed by atoms with van der Waals surface area (Å²) in [5.74, 6) is 0.917. The number of ether oxygens (including phenoxy) is 2. The highest BCUT2D eigenvalue weighted by molar-refractivity contribution is 6.32. The summed E-state index contributed by atoms with van der Waals surface area (Å²) in [5.41, 5.74) is 3.08. The third kappa shape index (κ3) is 3.70. The van der Waals surface area contributed by atoms with Crippen molar-refractivity contribution >= 4 is 46.4 Å². The highest BCUT2D eigenvalue weighted by atomic mass is 35.5. The molecule has 2 aliphatic heterocycles. The number of anilines is 2. The molecule has 0 aliphatic carbocycles. The van der Waals surface area contributed by atoms with Crippen LogP contribution < -0.4 is 19.7 Å². The lowest BCUT2D eigenvalue weighted by atomic mass is 9.86. The maximum atomic E-state index is 14.5. The number of nitrogens with zero attached hydrogens (tertiary/aromatic N) is 3. The van der Waals surface area contributed by atoms with Gasteiger partial charge in [-0.2, -0.15) is 0 Å². The summed E-state index contributed by atoms with van der Waals surface area (Å²) < 4.78 is 13.2. The van der Waals surface area contributed by atoms with Crippen LogP contribution in [0.15, 0.2) is 48.5 Å². The molecule has 41 heavy (non-hydrogen) atoms. The number of hydrogen-bond donors (Lipinski definition) is 1. The first-order valence-electron chi connectivity index (χ1n) is 13.1. The van der Waals surface area contributed by atoms with Crippen molar-refractivity contribution in [1.82, 2.24) is 9.55 Å².